The Bertz CT molecular complexity index is 932. The summed E-state index contributed by atoms with van der Waals surface area (Å²) < 4.78 is 7.55. The molecule has 0 aliphatic rings. The second-order valence-electron chi connectivity index (χ2n) is 7.67. The minimum absolute atomic E-state index is 0.173. The topological polar surface area (TPSA) is 43.6 Å². The van der Waals surface area contributed by atoms with Gasteiger partial charge in [0.1, 0.15) is 5.65 Å². The minimum atomic E-state index is -0.260. The number of hydrogen-bond acceptors (Lipinski definition) is 3. The van der Waals surface area contributed by atoms with Gasteiger partial charge in [0, 0.05) is 6.20 Å². The molecule has 25 heavy (non-hydrogen) atoms. The smallest absolute Gasteiger partial charge is 0.338 e. The van der Waals surface area contributed by atoms with E-state index >= 15 is 0 Å². The lowest BCUT2D eigenvalue weighted by Gasteiger charge is -2.22. The van der Waals surface area contributed by atoms with Gasteiger partial charge in [0.05, 0.1) is 23.2 Å². The molecule has 3 rings (SSSR count). The number of imidazole rings is 1. The first-order valence-corrected chi connectivity index (χ1v) is 8.91. The van der Waals surface area contributed by atoms with E-state index in [0.29, 0.717) is 12.2 Å². The summed E-state index contributed by atoms with van der Waals surface area (Å²) in [7, 11) is 0. The number of carbonyl (C=O) groups excluding carboxylic acids is 1. The van der Waals surface area contributed by atoms with Gasteiger partial charge >= 0.3 is 5.97 Å². The summed E-state index contributed by atoms with van der Waals surface area (Å²) >= 11 is 0. The summed E-state index contributed by atoms with van der Waals surface area (Å²) in [6.07, 6.45) is 3.93. The van der Waals surface area contributed by atoms with Crippen LogP contribution in [-0.4, -0.2) is 22.0 Å². The molecule has 0 saturated heterocycles. The third-order valence-electron chi connectivity index (χ3n) is 4.45. The van der Waals surface area contributed by atoms with Crippen molar-refractivity contribution >= 4 is 22.6 Å². The fourth-order valence-electron chi connectivity index (χ4n) is 3.02. The molecule has 1 aromatic carbocycles. The van der Waals surface area contributed by atoms with Gasteiger partial charge in [-0.15, -0.1) is 0 Å². The maximum absolute atomic E-state index is 12.6. The highest BCUT2D eigenvalue weighted by molar-refractivity contribution is 5.94. The third kappa shape index (κ3) is 3.39. The second kappa shape index (κ2) is 6.51. The van der Waals surface area contributed by atoms with E-state index in [1.807, 2.05) is 18.3 Å². The van der Waals surface area contributed by atoms with Crippen LogP contribution in [0, 0.1) is 6.92 Å². The van der Waals surface area contributed by atoms with Crippen LogP contribution in [0.5, 0.6) is 0 Å². The number of ether oxygens (including phenoxy) is 1. The molecule has 0 fully saturated rings. The van der Waals surface area contributed by atoms with E-state index in [0.717, 1.165) is 35.1 Å². The van der Waals surface area contributed by atoms with Crippen LogP contribution in [0.3, 0.4) is 0 Å². The number of hydrogen-bond donors (Lipinski definition) is 0. The Hall–Kier alpha value is -2.36. The van der Waals surface area contributed by atoms with Crippen molar-refractivity contribution in [1.29, 1.82) is 0 Å². The van der Waals surface area contributed by atoms with Gasteiger partial charge in [-0.25, -0.2) is 9.78 Å². The summed E-state index contributed by atoms with van der Waals surface area (Å²) in [5.74, 6) is -0.260. The molecule has 0 saturated carbocycles. The molecule has 0 aliphatic heterocycles. The quantitative estimate of drug-likeness (QED) is 0.494. The van der Waals surface area contributed by atoms with E-state index < -0.39 is 0 Å². The second-order valence-corrected chi connectivity index (χ2v) is 7.67. The average molecular weight is 338 g/mol. The number of pyridine rings is 1. The van der Waals surface area contributed by atoms with Crippen molar-refractivity contribution in [1.82, 2.24) is 9.38 Å². The van der Waals surface area contributed by atoms with E-state index in [4.69, 9.17) is 4.74 Å². The Morgan fingerprint density at radius 3 is 2.68 bits per heavy atom. The Balaban J connectivity index is 2.18. The maximum Gasteiger partial charge on any atom is 0.338 e. The molecular formula is C21H26N2O2. The van der Waals surface area contributed by atoms with Crippen LogP contribution >= 0.6 is 0 Å². The molecule has 0 radical (unpaired) electrons. The van der Waals surface area contributed by atoms with E-state index in [-0.39, 0.29) is 11.4 Å². The molecule has 0 aliphatic carbocycles. The number of rotatable bonds is 4. The molecule has 0 atom stereocenters. The monoisotopic (exact) mass is 338 g/mol. The van der Waals surface area contributed by atoms with Crippen molar-refractivity contribution in [3.05, 3.63) is 47.2 Å². The van der Waals surface area contributed by atoms with Crippen molar-refractivity contribution in [2.75, 3.05) is 6.61 Å². The third-order valence-corrected chi connectivity index (χ3v) is 4.45. The van der Waals surface area contributed by atoms with Crippen LogP contribution in [0.25, 0.3) is 16.7 Å². The zero-order chi connectivity index (χ0) is 18.2. The zero-order valence-electron chi connectivity index (χ0n) is 15.7. The first kappa shape index (κ1) is 17.5. The van der Waals surface area contributed by atoms with Crippen LogP contribution < -0.4 is 0 Å². The largest absolute Gasteiger partial charge is 0.462 e. The Morgan fingerprint density at radius 2 is 2.00 bits per heavy atom. The van der Waals surface area contributed by atoms with E-state index in [9.17, 15) is 4.79 Å². The number of nitrogens with zero attached hydrogens (tertiary/aromatic N) is 2. The van der Waals surface area contributed by atoms with Crippen molar-refractivity contribution in [3.8, 4) is 0 Å². The van der Waals surface area contributed by atoms with Crippen LogP contribution in [0.2, 0.25) is 0 Å². The molecular weight excluding hydrogens is 312 g/mol. The number of benzene rings is 1. The summed E-state index contributed by atoms with van der Waals surface area (Å²) in [4.78, 5) is 17.3. The van der Waals surface area contributed by atoms with Crippen molar-refractivity contribution in [2.24, 2.45) is 0 Å². The lowest BCUT2D eigenvalue weighted by Crippen LogP contribution is -2.19. The first-order chi connectivity index (χ1) is 11.8. The van der Waals surface area contributed by atoms with Gasteiger partial charge in [-0.05, 0) is 48.1 Å². The van der Waals surface area contributed by atoms with Gasteiger partial charge in [0.15, 0.2) is 0 Å². The minimum Gasteiger partial charge on any atom is -0.462 e. The van der Waals surface area contributed by atoms with Gasteiger partial charge in [0.25, 0.3) is 0 Å². The number of unbranched alkanes of at least 4 members (excludes halogenated alkanes) is 1. The Kier molecular flexibility index (Phi) is 4.55. The predicted octanol–water partition coefficient (Wildman–Crippen LogP) is 5.05. The molecule has 4 heteroatoms. The molecule has 0 bridgehead atoms. The molecule has 4 nitrogen and oxygen atoms in total. The average Bonchev–Trinajstić information content (AvgIpc) is 2.90. The van der Waals surface area contributed by atoms with Crippen LogP contribution in [-0.2, 0) is 10.2 Å². The molecule has 132 valence electrons. The molecule has 3 aromatic rings. The van der Waals surface area contributed by atoms with Gasteiger partial charge in [-0.2, -0.15) is 0 Å². The van der Waals surface area contributed by atoms with E-state index in [2.05, 4.69) is 56.1 Å². The predicted molar refractivity (Wildman–Crippen MR) is 101 cm³/mol. The Morgan fingerprint density at radius 1 is 1.24 bits per heavy atom. The number of esters is 1. The van der Waals surface area contributed by atoms with Crippen LogP contribution in [0.1, 0.15) is 62.0 Å². The summed E-state index contributed by atoms with van der Waals surface area (Å²) in [6.45, 7) is 10.9. The fourth-order valence-corrected chi connectivity index (χ4v) is 3.02. The molecule has 0 amide bonds. The molecule has 0 unspecified atom stereocenters. The SMILES string of the molecule is CCCCOC(=O)c1cc2nc3ccc(C)cc3n2cc1C(C)(C)C. The van der Waals surface area contributed by atoms with E-state index in [1.165, 1.54) is 5.56 Å². The highest BCUT2D eigenvalue weighted by Gasteiger charge is 2.24. The molecule has 2 heterocycles. The molecule has 0 spiro atoms. The summed E-state index contributed by atoms with van der Waals surface area (Å²) in [5, 5.41) is 0. The van der Waals surface area contributed by atoms with Crippen molar-refractivity contribution in [2.45, 2.75) is 52.9 Å². The highest BCUT2D eigenvalue weighted by Crippen LogP contribution is 2.29. The number of fused-ring (bicyclic) bond motifs is 3. The van der Waals surface area contributed by atoms with Crippen molar-refractivity contribution < 1.29 is 9.53 Å². The number of aryl methyl sites for hydroxylation is 1. The van der Waals surface area contributed by atoms with Crippen molar-refractivity contribution in [3.63, 3.8) is 0 Å². The zero-order valence-corrected chi connectivity index (χ0v) is 15.7. The van der Waals surface area contributed by atoms with Gasteiger partial charge in [-0.1, -0.05) is 40.2 Å². The number of carbonyl (C=O) groups is 1. The number of aromatic nitrogens is 2. The lowest BCUT2D eigenvalue weighted by molar-refractivity contribution is 0.0497. The summed E-state index contributed by atoms with van der Waals surface area (Å²) in [6, 6.07) is 8.07. The van der Waals surface area contributed by atoms with Gasteiger partial charge in [0.2, 0.25) is 0 Å². The van der Waals surface area contributed by atoms with Gasteiger partial charge < -0.3 is 4.74 Å². The van der Waals surface area contributed by atoms with Crippen LogP contribution in [0.15, 0.2) is 30.5 Å². The summed E-state index contributed by atoms with van der Waals surface area (Å²) in [5.41, 5.74) is 5.37. The van der Waals surface area contributed by atoms with E-state index in [1.54, 1.807) is 0 Å². The Labute approximate surface area is 148 Å². The van der Waals surface area contributed by atoms with Gasteiger partial charge in [-0.3, -0.25) is 4.40 Å². The normalized spacial score (nSPS) is 12.0. The fraction of sp³-hybridized carbons (Fsp3) is 0.429. The highest BCUT2D eigenvalue weighted by atomic mass is 16.5. The molecule has 2 aromatic heterocycles. The standard InChI is InChI=1S/C21H26N2O2/c1-6-7-10-25-20(24)15-12-19-22-17-9-8-14(2)11-18(17)23(19)13-16(15)21(3,4)5/h8-9,11-13H,6-7,10H2,1-5H3. The maximum atomic E-state index is 12.6. The van der Waals surface area contributed by atoms with Crippen LogP contribution in [0.4, 0.5) is 0 Å². The lowest BCUT2D eigenvalue weighted by atomic mass is 9.85. The molecule has 0 N–H and O–H groups in total. The first-order valence-electron chi connectivity index (χ1n) is 8.91.